The maximum absolute atomic E-state index is 6.26. The maximum Gasteiger partial charge on any atom is 0.0307 e. The minimum Gasteiger partial charge on any atom is -0.344 e. The Kier molecular flexibility index (Phi) is 5.53. The summed E-state index contributed by atoms with van der Waals surface area (Å²) in [4.78, 5) is 0. The van der Waals surface area contributed by atoms with Crippen molar-refractivity contribution in [1.29, 1.82) is 0 Å². The van der Waals surface area contributed by atoms with E-state index in [0.29, 0.717) is 0 Å². The van der Waals surface area contributed by atoms with E-state index in [4.69, 9.17) is 11.5 Å². The van der Waals surface area contributed by atoms with Gasteiger partial charge in [0.15, 0.2) is 0 Å². The number of hydrogen-bond donors (Lipinski definition) is 3. The lowest BCUT2D eigenvalue weighted by atomic mass is 9.75. The molecule has 1 fully saturated rings. The van der Waals surface area contributed by atoms with Crippen LogP contribution in [0.2, 0.25) is 0 Å². The van der Waals surface area contributed by atoms with Crippen molar-refractivity contribution in [3.63, 3.8) is 0 Å². The molecule has 0 bridgehead atoms. The fourth-order valence-electron chi connectivity index (χ4n) is 2.11. The molecule has 0 radical (unpaired) electrons. The zero-order chi connectivity index (χ0) is 9.03. The molecule has 2 atom stereocenters. The average molecular weight is 187 g/mol. The molecule has 2 unspecified atom stereocenters. The Hall–Kier alpha value is -0.120. The Balaban J connectivity index is 0.00000144. The van der Waals surface area contributed by atoms with Crippen LogP contribution in [0.4, 0.5) is 0 Å². The molecule has 0 saturated heterocycles. The molecule has 80 valence electrons. The van der Waals surface area contributed by atoms with Crippen LogP contribution in [0.1, 0.15) is 51.9 Å². The molecule has 3 nitrogen and oxygen atoms in total. The van der Waals surface area contributed by atoms with Crippen LogP contribution in [0.5, 0.6) is 0 Å². The van der Waals surface area contributed by atoms with Crippen LogP contribution in [-0.2, 0) is 0 Å². The predicted molar refractivity (Wildman–Crippen MR) is 57.9 cm³/mol. The van der Waals surface area contributed by atoms with Crippen molar-refractivity contribution in [2.45, 2.75) is 63.5 Å². The van der Waals surface area contributed by atoms with Crippen LogP contribution in [0.25, 0.3) is 0 Å². The van der Waals surface area contributed by atoms with Crippen molar-refractivity contribution in [3.05, 3.63) is 0 Å². The van der Waals surface area contributed by atoms with E-state index in [1.807, 2.05) is 0 Å². The summed E-state index contributed by atoms with van der Waals surface area (Å²) in [5, 5.41) is 0. The first-order valence-electron chi connectivity index (χ1n) is 5.23. The summed E-state index contributed by atoms with van der Waals surface area (Å²) >= 11 is 0. The van der Waals surface area contributed by atoms with Gasteiger partial charge in [-0.3, -0.25) is 0 Å². The number of nitrogens with two attached hydrogens (primary N) is 2. The van der Waals surface area contributed by atoms with Crippen molar-refractivity contribution in [2.24, 2.45) is 11.5 Å². The van der Waals surface area contributed by atoms with Crippen molar-refractivity contribution >= 4 is 0 Å². The van der Waals surface area contributed by atoms with Crippen molar-refractivity contribution in [1.82, 2.24) is 6.15 Å². The van der Waals surface area contributed by atoms with Crippen molar-refractivity contribution in [3.8, 4) is 0 Å². The van der Waals surface area contributed by atoms with E-state index < -0.39 is 0 Å². The highest BCUT2D eigenvalue weighted by atomic mass is 14.9. The first-order chi connectivity index (χ1) is 5.69. The molecule has 0 aromatic carbocycles. The normalized spacial score (nSPS) is 33.9. The summed E-state index contributed by atoms with van der Waals surface area (Å²) in [6, 6.07) is 0.248. The minimum absolute atomic E-state index is 0. The van der Waals surface area contributed by atoms with E-state index in [1.165, 1.54) is 25.7 Å². The first-order valence-corrected chi connectivity index (χ1v) is 5.23. The van der Waals surface area contributed by atoms with Gasteiger partial charge in [0, 0.05) is 11.6 Å². The van der Waals surface area contributed by atoms with Crippen LogP contribution in [-0.4, -0.2) is 11.6 Å². The van der Waals surface area contributed by atoms with E-state index in [0.717, 1.165) is 19.3 Å². The molecular formula is C10H25N3. The summed E-state index contributed by atoms with van der Waals surface area (Å²) in [5.74, 6) is 0. The monoisotopic (exact) mass is 187 g/mol. The number of unbranched alkanes of at least 4 members (excludes halogenated alkanes) is 1. The molecule has 1 aliphatic rings. The molecule has 1 rings (SSSR count). The number of rotatable bonds is 3. The molecule has 1 saturated carbocycles. The number of hydrogen-bond acceptors (Lipinski definition) is 3. The molecule has 7 N–H and O–H groups in total. The Morgan fingerprint density at radius 3 is 2.62 bits per heavy atom. The fourth-order valence-corrected chi connectivity index (χ4v) is 2.11. The minimum atomic E-state index is -0.0335. The molecule has 0 heterocycles. The second kappa shape index (κ2) is 5.58. The van der Waals surface area contributed by atoms with Gasteiger partial charge in [-0.2, -0.15) is 0 Å². The van der Waals surface area contributed by atoms with E-state index >= 15 is 0 Å². The van der Waals surface area contributed by atoms with Crippen LogP contribution in [0.3, 0.4) is 0 Å². The summed E-state index contributed by atoms with van der Waals surface area (Å²) < 4.78 is 0. The Labute approximate surface area is 81.8 Å². The smallest absolute Gasteiger partial charge is 0.0307 e. The summed E-state index contributed by atoms with van der Waals surface area (Å²) in [5.41, 5.74) is 12.3. The largest absolute Gasteiger partial charge is 0.344 e. The van der Waals surface area contributed by atoms with Gasteiger partial charge in [-0.05, 0) is 19.3 Å². The molecule has 0 aromatic rings. The van der Waals surface area contributed by atoms with Gasteiger partial charge < -0.3 is 17.6 Å². The molecule has 13 heavy (non-hydrogen) atoms. The van der Waals surface area contributed by atoms with E-state index in [9.17, 15) is 0 Å². The van der Waals surface area contributed by atoms with E-state index in [-0.39, 0.29) is 17.7 Å². The summed E-state index contributed by atoms with van der Waals surface area (Å²) in [6.07, 6.45) is 8.37. The predicted octanol–water partition coefficient (Wildman–Crippen LogP) is 1.94. The SMILES string of the molecule is CCCCC1(N)CCCCC1N.N. The van der Waals surface area contributed by atoms with Crippen LogP contribution >= 0.6 is 0 Å². The lowest BCUT2D eigenvalue weighted by Gasteiger charge is -2.39. The van der Waals surface area contributed by atoms with Crippen LogP contribution < -0.4 is 17.6 Å². The lowest BCUT2D eigenvalue weighted by Crippen LogP contribution is -2.56. The van der Waals surface area contributed by atoms with E-state index in [1.54, 1.807) is 0 Å². The first kappa shape index (κ1) is 12.9. The molecule has 0 aliphatic heterocycles. The molecule has 3 heteroatoms. The quantitative estimate of drug-likeness (QED) is 0.631. The van der Waals surface area contributed by atoms with Crippen molar-refractivity contribution in [2.75, 3.05) is 0 Å². The summed E-state index contributed by atoms with van der Waals surface area (Å²) in [6.45, 7) is 2.21. The highest BCUT2D eigenvalue weighted by molar-refractivity contribution is 4.96. The molecule has 0 spiro atoms. The van der Waals surface area contributed by atoms with Gasteiger partial charge in [0.25, 0.3) is 0 Å². The van der Waals surface area contributed by atoms with Gasteiger partial charge in [-0.15, -0.1) is 0 Å². The van der Waals surface area contributed by atoms with Gasteiger partial charge in [0.2, 0.25) is 0 Å². The third-order valence-electron chi connectivity index (χ3n) is 3.14. The Bertz CT molecular complexity index is 138. The zero-order valence-corrected chi connectivity index (χ0v) is 8.89. The van der Waals surface area contributed by atoms with Gasteiger partial charge in [0.1, 0.15) is 0 Å². The van der Waals surface area contributed by atoms with Gasteiger partial charge in [-0.25, -0.2) is 0 Å². The average Bonchev–Trinajstić information content (AvgIpc) is 2.07. The molecule has 0 amide bonds. The van der Waals surface area contributed by atoms with Crippen LogP contribution in [0, 0.1) is 0 Å². The Morgan fingerprint density at radius 1 is 1.38 bits per heavy atom. The van der Waals surface area contributed by atoms with E-state index in [2.05, 4.69) is 6.92 Å². The van der Waals surface area contributed by atoms with Gasteiger partial charge in [0.05, 0.1) is 0 Å². The van der Waals surface area contributed by atoms with Crippen molar-refractivity contribution < 1.29 is 0 Å². The standard InChI is InChI=1S/C10H22N2.H3N/c1-2-3-7-10(12)8-5-4-6-9(10)11;/h9H,2-8,11-12H2,1H3;1H3. The topological polar surface area (TPSA) is 87.0 Å². The molecule has 0 aromatic heterocycles. The second-order valence-corrected chi connectivity index (χ2v) is 4.19. The maximum atomic E-state index is 6.26. The Morgan fingerprint density at radius 2 is 2.08 bits per heavy atom. The van der Waals surface area contributed by atoms with Crippen LogP contribution in [0.15, 0.2) is 0 Å². The molecule has 1 aliphatic carbocycles. The highest BCUT2D eigenvalue weighted by Crippen LogP contribution is 2.29. The van der Waals surface area contributed by atoms with Gasteiger partial charge >= 0.3 is 0 Å². The molecular weight excluding hydrogens is 162 g/mol. The zero-order valence-electron chi connectivity index (χ0n) is 8.89. The van der Waals surface area contributed by atoms with Gasteiger partial charge in [-0.1, -0.05) is 32.6 Å². The highest BCUT2D eigenvalue weighted by Gasteiger charge is 2.33. The second-order valence-electron chi connectivity index (χ2n) is 4.19. The lowest BCUT2D eigenvalue weighted by molar-refractivity contribution is 0.232. The third kappa shape index (κ3) is 3.25. The fraction of sp³-hybridized carbons (Fsp3) is 1.00. The summed E-state index contributed by atoms with van der Waals surface area (Å²) in [7, 11) is 0. The third-order valence-corrected chi connectivity index (χ3v) is 3.14.